The number of hydrogen-bond acceptors (Lipinski definition) is 3. The molecular weight excluding hydrogens is 376 g/mol. The molecule has 2 fully saturated rings. The second-order valence-corrected chi connectivity index (χ2v) is 6.99. The highest BCUT2D eigenvalue weighted by Gasteiger charge is 2.24. The van der Waals surface area contributed by atoms with Crippen LogP contribution in [0.25, 0.3) is 0 Å². The third-order valence-electron chi connectivity index (χ3n) is 5.35. The Morgan fingerprint density at radius 2 is 1.81 bits per heavy atom. The van der Waals surface area contributed by atoms with Crippen LogP contribution in [0.2, 0.25) is 0 Å². The summed E-state index contributed by atoms with van der Waals surface area (Å²) in [5.74, 6) is 0.386. The molecule has 0 bridgehead atoms. The maximum atomic E-state index is 14.4. The molecule has 1 amide bonds. The van der Waals surface area contributed by atoms with E-state index in [2.05, 4.69) is 10.2 Å². The van der Waals surface area contributed by atoms with Gasteiger partial charge in [0.05, 0.1) is 5.69 Å². The summed E-state index contributed by atoms with van der Waals surface area (Å²) in [6.45, 7) is 4.40. The number of carbonyl (C=O) groups is 1. The summed E-state index contributed by atoms with van der Waals surface area (Å²) in [5.41, 5.74) is 1.11. The van der Waals surface area contributed by atoms with Crippen molar-refractivity contribution in [1.82, 2.24) is 10.2 Å². The summed E-state index contributed by atoms with van der Waals surface area (Å²) in [4.78, 5) is 16.6. The quantitative estimate of drug-likeness (QED) is 0.810. The third-order valence-corrected chi connectivity index (χ3v) is 5.35. The standard InChI is InChI=1S/C19H28FN3O.2ClH/c1-21-9-6-15-7-12-23(13-8-15)19(24)16-4-5-18(17(20)14-16)22-10-2-3-11-22;;/h4-5,14-15,21H,2-3,6-13H2,1H3;2*1H. The summed E-state index contributed by atoms with van der Waals surface area (Å²) in [5, 5.41) is 3.18. The minimum atomic E-state index is -0.272. The van der Waals surface area contributed by atoms with E-state index in [-0.39, 0.29) is 36.5 Å². The van der Waals surface area contributed by atoms with Gasteiger partial charge in [-0.15, -0.1) is 24.8 Å². The van der Waals surface area contributed by atoms with E-state index in [1.807, 2.05) is 11.9 Å². The number of likely N-dealkylation sites (tertiary alicyclic amines) is 1. The molecule has 0 radical (unpaired) electrons. The van der Waals surface area contributed by atoms with E-state index in [1.54, 1.807) is 12.1 Å². The van der Waals surface area contributed by atoms with Crippen molar-refractivity contribution in [2.75, 3.05) is 44.7 Å². The second kappa shape index (κ2) is 11.0. The molecule has 148 valence electrons. The van der Waals surface area contributed by atoms with Gasteiger partial charge in [-0.05, 0) is 69.8 Å². The third kappa shape index (κ3) is 5.48. The van der Waals surface area contributed by atoms with Crippen molar-refractivity contribution in [3.05, 3.63) is 29.6 Å². The summed E-state index contributed by atoms with van der Waals surface area (Å²) in [6.07, 6.45) is 5.48. The van der Waals surface area contributed by atoms with Crippen LogP contribution in [0, 0.1) is 11.7 Å². The lowest BCUT2D eigenvalue weighted by Crippen LogP contribution is -2.39. The lowest BCUT2D eigenvalue weighted by Gasteiger charge is -2.32. The molecule has 7 heteroatoms. The number of halogens is 3. The average Bonchev–Trinajstić information content (AvgIpc) is 3.14. The largest absolute Gasteiger partial charge is 0.369 e. The minimum Gasteiger partial charge on any atom is -0.369 e. The summed E-state index contributed by atoms with van der Waals surface area (Å²) >= 11 is 0. The van der Waals surface area contributed by atoms with Crippen LogP contribution in [0.3, 0.4) is 0 Å². The zero-order valence-electron chi connectivity index (χ0n) is 15.4. The van der Waals surface area contributed by atoms with Crippen LogP contribution in [0.5, 0.6) is 0 Å². The van der Waals surface area contributed by atoms with Crippen molar-refractivity contribution < 1.29 is 9.18 Å². The first kappa shape index (κ1) is 23.0. The molecule has 1 aromatic rings. The number of carbonyl (C=O) groups excluding carboxylic acids is 1. The summed E-state index contributed by atoms with van der Waals surface area (Å²) in [6, 6.07) is 4.97. The molecule has 0 saturated carbocycles. The van der Waals surface area contributed by atoms with Crippen molar-refractivity contribution in [1.29, 1.82) is 0 Å². The van der Waals surface area contributed by atoms with Gasteiger partial charge in [0.15, 0.2) is 0 Å². The van der Waals surface area contributed by atoms with Crippen molar-refractivity contribution in [3.8, 4) is 0 Å². The van der Waals surface area contributed by atoms with E-state index in [0.29, 0.717) is 17.2 Å². The first-order valence-electron chi connectivity index (χ1n) is 9.17. The molecule has 0 spiro atoms. The van der Waals surface area contributed by atoms with Crippen molar-refractivity contribution in [3.63, 3.8) is 0 Å². The number of rotatable bonds is 5. The van der Waals surface area contributed by atoms with Gasteiger partial charge in [0.2, 0.25) is 0 Å². The molecule has 0 unspecified atom stereocenters. The Morgan fingerprint density at radius 1 is 1.15 bits per heavy atom. The van der Waals surface area contributed by atoms with Crippen molar-refractivity contribution in [2.45, 2.75) is 32.1 Å². The zero-order valence-corrected chi connectivity index (χ0v) is 17.0. The fraction of sp³-hybridized carbons (Fsp3) is 0.632. The summed E-state index contributed by atoms with van der Waals surface area (Å²) in [7, 11) is 1.97. The van der Waals surface area contributed by atoms with Crippen molar-refractivity contribution >= 4 is 36.4 Å². The van der Waals surface area contributed by atoms with Gasteiger partial charge in [-0.3, -0.25) is 4.79 Å². The van der Waals surface area contributed by atoms with Gasteiger partial charge < -0.3 is 15.1 Å². The molecule has 3 rings (SSSR count). The summed E-state index contributed by atoms with van der Waals surface area (Å²) < 4.78 is 14.4. The average molecular weight is 406 g/mol. The first-order valence-corrected chi connectivity index (χ1v) is 9.17. The lowest BCUT2D eigenvalue weighted by atomic mass is 9.93. The highest BCUT2D eigenvalue weighted by molar-refractivity contribution is 5.94. The molecule has 0 aliphatic carbocycles. The number of benzene rings is 1. The maximum absolute atomic E-state index is 14.4. The van der Waals surface area contributed by atoms with Gasteiger partial charge >= 0.3 is 0 Å². The van der Waals surface area contributed by atoms with Gasteiger partial charge in [-0.2, -0.15) is 0 Å². The molecule has 26 heavy (non-hydrogen) atoms. The smallest absolute Gasteiger partial charge is 0.253 e. The van der Waals surface area contributed by atoms with Gasteiger partial charge in [0.1, 0.15) is 5.82 Å². The maximum Gasteiger partial charge on any atom is 0.253 e. The number of hydrogen-bond donors (Lipinski definition) is 1. The number of nitrogens with zero attached hydrogens (tertiary/aromatic N) is 2. The molecule has 1 aromatic carbocycles. The number of nitrogens with one attached hydrogen (secondary N) is 1. The second-order valence-electron chi connectivity index (χ2n) is 6.99. The monoisotopic (exact) mass is 405 g/mol. The van der Waals surface area contributed by atoms with Crippen LogP contribution in [0.1, 0.15) is 42.5 Å². The van der Waals surface area contributed by atoms with Gasteiger partial charge in [0.25, 0.3) is 5.91 Å². The number of piperidine rings is 1. The molecular formula is C19H30Cl2FN3O. The number of anilines is 1. The van der Waals surface area contributed by atoms with E-state index < -0.39 is 0 Å². The Hall–Kier alpha value is -1.04. The fourth-order valence-corrected chi connectivity index (χ4v) is 3.81. The molecule has 1 N–H and O–H groups in total. The van der Waals surface area contributed by atoms with Gasteiger partial charge in [-0.25, -0.2) is 4.39 Å². The molecule has 2 aliphatic heterocycles. The highest BCUT2D eigenvalue weighted by Crippen LogP contribution is 2.26. The molecule has 2 aliphatic rings. The van der Waals surface area contributed by atoms with Crippen LogP contribution in [0.4, 0.5) is 10.1 Å². The predicted octanol–water partition coefficient (Wildman–Crippen LogP) is 3.73. The Labute approximate surface area is 168 Å². The van der Waals surface area contributed by atoms with E-state index in [9.17, 15) is 9.18 Å². The van der Waals surface area contributed by atoms with Crippen LogP contribution >= 0.6 is 24.8 Å². The molecule has 2 saturated heterocycles. The van der Waals surface area contributed by atoms with E-state index in [1.165, 1.54) is 6.07 Å². The Bertz CT molecular complexity index is 574. The highest BCUT2D eigenvalue weighted by atomic mass is 35.5. The predicted molar refractivity (Wildman–Crippen MR) is 110 cm³/mol. The minimum absolute atomic E-state index is 0. The van der Waals surface area contributed by atoms with Crippen LogP contribution in [0.15, 0.2) is 18.2 Å². The SMILES string of the molecule is CNCCC1CCN(C(=O)c2ccc(N3CCCC3)c(F)c2)CC1.Cl.Cl. The Kier molecular flexibility index (Phi) is 9.69. The lowest BCUT2D eigenvalue weighted by molar-refractivity contribution is 0.0686. The topological polar surface area (TPSA) is 35.6 Å². The van der Waals surface area contributed by atoms with Crippen molar-refractivity contribution in [2.24, 2.45) is 5.92 Å². The Balaban J connectivity index is 0.00000169. The normalized spacial score (nSPS) is 17.6. The first-order chi connectivity index (χ1) is 11.7. The van der Waals surface area contributed by atoms with E-state index >= 15 is 0 Å². The van der Waals surface area contributed by atoms with E-state index in [0.717, 1.165) is 64.8 Å². The zero-order chi connectivity index (χ0) is 16.9. The molecule has 0 aromatic heterocycles. The fourth-order valence-electron chi connectivity index (χ4n) is 3.81. The molecule has 4 nitrogen and oxygen atoms in total. The number of amides is 1. The molecule has 0 atom stereocenters. The van der Waals surface area contributed by atoms with Gasteiger partial charge in [0, 0.05) is 31.7 Å². The molecule has 2 heterocycles. The van der Waals surface area contributed by atoms with E-state index in [4.69, 9.17) is 0 Å². The van der Waals surface area contributed by atoms with Gasteiger partial charge in [-0.1, -0.05) is 0 Å². The van der Waals surface area contributed by atoms with Crippen LogP contribution in [-0.2, 0) is 0 Å². The van der Waals surface area contributed by atoms with Crippen LogP contribution in [-0.4, -0.2) is 50.6 Å². The Morgan fingerprint density at radius 3 is 2.38 bits per heavy atom. The van der Waals surface area contributed by atoms with Crippen LogP contribution < -0.4 is 10.2 Å².